The van der Waals surface area contributed by atoms with Gasteiger partial charge in [0.05, 0.1) is 10.6 Å². The zero-order valence-corrected chi connectivity index (χ0v) is 15.1. The van der Waals surface area contributed by atoms with Crippen molar-refractivity contribution >= 4 is 17.5 Å². The lowest BCUT2D eigenvalue weighted by atomic mass is 10.1. The van der Waals surface area contributed by atoms with Crippen LogP contribution in [0.4, 0.5) is 0 Å². The van der Waals surface area contributed by atoms with E-state index in [2.05, 4.69) is 10.1 Å². The molecule has 1 atom stereocenters. The summed E-state index contributed by atoms with van der Waals surface area (Å²) in [4.78, 5) is 19.2. The number of rotatable bonds is 3. The van der Waals surface area contributed by atoms with Crippen LogP contribution >= 0.6 is 11.6 Å². The van der Waals surface area contributed by atoms with Gasteiger partial charge in [-0.15, -0.1) is 0 Å². The highest BCUT2D eigenvalue weighted by Gasteiger charge is 2.35. The van der Waals surface area contributed by atoms with E-state index in [0.717, 1.165) is 24.0 Å². The number of halogens is 1. The highest BCUT2D eigenvalue weighted by Crippen LogP contribution is 2.34. The summed E-state index contributed by atoms with van der Waals surface area (Å²) < 4.78 is 5.50. The average molecular weight is 368 g/mol. The number of likely N-dealkylation sites (tertiary alicyclic amines) is 1. The van der Waals surface area contributed by atoms with Crippen LogP contribution in [0, 0.1) is 6.92 Å². The Morgan fingerprint density at radius 2 is 2.08 bits per heavy atom. The molecule has 0 bridgehead atoms. The molecule has 0 aliphatic carbocycles. The molecule has 6 heteroatoms. The Hall–Kier alpha value is -2.66. The summed E-state index contributed by atoms with van der Waals surface area (Å²) in [5, 5.41) is 4.56. The predicted octanol–water partition coefficient (Wildman–Crippen LogP) is 4.68. The Balaban J connectivity index is 1.61. The Kier molecular flexibility index (Phi) is 4.47. The molecule has 3 aromatic rings. The van der Waals surface area contributed by atoms with Crippen LogP contribution in [0.1, 0.15) is 40.7 Å². The highest BCUT2D eigenvalue weighted by molar-refractivity contribution is 6.33. The second kappa shape index (κ2) is 6.92. The number of hydrogen-bond acceptors (Lipinski definition) is 4. The van der Waals surface area contributed by atoms with Crippen molar-refractivity contribution in [3.8, 4) is 11.4 Å². The summed E-state index contributed by atoms with van der Waals surface area (Å²) in [5.41, 5.74) is 2.53. The van der Waals surface area contributed by atoms with Crippen LogP contribution in [0.25, 0.3) is 11.4 Å². The maximum atomic E-state index is 12.9. The second-order valence-electron chi connectivity index (χ2n) is 6.46. The van der Waals surface area contributed by atoms with E-state index in [1.807, 2.05) is 43.3 Å². The van der Waals surface area contributed by atoms with Gasteiger partial charge in [0.1, 0.15) is 6.04 Å². The van der Waals surface area contributed by atoms with Crippen molar-refractivity contribution in [3.05, 3.63) is 70.6 Å². The predicted molar refractivity (Wildman–Crippen MR) is 98.9 cm³/mol. The van der Waals surface area contributed by atoms with Crippen molar-refractivity contribution in [2.45, 2.75) is 25.8 Å². The van der Waals surface area contributed by atoms with Gasteiger partial charge in [0.25, 0.3) is 5.91 Å². The molecule has 0 N–H and O–H groups in total. The lowest BCUT2D eigenvalue weighted by Gasteiger charge is -2.22. The first kappa shape index (κ1) is 16.8. The largest absolute Gasteiger partial charge is 0.337 e. The maximum absolute atomic E-state index is 12.9. The standard InChI is InChI=1S/C20H18ClN3O2/c1-13-6-4-7-14(12-13)18-22-19(26-23-18)17-10-5-11-24(17)20(25)15-8-2-3-9-16(15)21/h2-4,6-9,12,17H,5,10-11H2,1H3. The molecule has 1 amide bonds. The first-order valence-electron chi connectivity index (χ1n) is 8.59. The fourth-order valence-electron chi connectivity index (χ4n) is 3.33. The van der Waals surface area contributed by atoms with Crippen molar-refractivity contribution in [2.24, 2.45) is 0 Å². The van der Waals surface area contributed by atoms with Crippen molar-refractivity contribution in [1.29, 1.82) is 0 Å². The molecule has 1 aliphatic heterocycles. The van der Waals surface area contributed by atoms with Crippen LogP contribution in [0.15, 0.2) is 53.1 Å². The number of aryl methyl sites for hydroxylation is 1. The third kappa shape index (κ3) is 3.10. The molecule has 5 nitrogen and oxygen atoms in total. The summed E-state index contributed by atoms with van der Waals surface area (Å²) in [7, 11) is 0. The molecule has 26 heavy (non-hydrogen) atoms. The van der Waals surface area contributed by atoms with Crippen LogP contribution in [-0.2, 0) is 0 Å². The summed E-state index contributed by atoms with van der Waals surface area (Å²) in [6.07, 6.45) is 1.69. The monoisotopic (exact) mass is 367 g/mol. The molecule has 0 spiro atoms. The van der Waals surface area contributed by atoms with Crippen LogP contribution in [0.2, 0.25) is 5.02 Å². The number of hydrogen-bond donors (Lipinski definition) is 0. The summed E-state index contributed by atoms with van der Waals surface area (Å²) >= 11 is 6.19. The molecule has 1 unspecified atom stereocenters. The maximum Gasteiger partial charge on any atom is 0.256 e. The third-order valence-corrected chi connectivity index (χ3v) is 4.95. The van der Waals surface area contributed by atoms with Gasteiger partial charge in [0.15, 0.2) is 0 Å². The van der Waals surface area contributed by atoms with E-state index in [9.17, 15) is 4.79 Å². The first-order chi connectivity index (χ1) is 12.6. The first-order valence-corrected chi connectivity index (χ1v) is 8.97. The highest BCUT2D eigenvalue weighted by atomic mass is 35.5. The number of nitrogens with zero attached hydrogens (tertiary/aromatic N) is 3. The lowest BCUT2D eigenvalue weighted by Crippen LogP contribution is -2.30. The van der Waals surface area contributed by atoms with Gasteiger partial charge >= 0.3 is 0 Å². The Morgan fingerprint density at radius 1 is 1.23 bits per heavy atom. The molecule has 1 aliphatic rings. The average Bonchev–Trinajstić information content (AvgIpc) is 3.31. The number of amides is 1. The lowest BCUT2D eigenvalue weighted by molar-refractivity contribution is 0.0710. The topological polar surface area (TPSA) is 59.2 Å². The molecule has 2 aromatic carbocycles. The van der Waals surface area contributed by atoms with Gasteiger partial charge in [-0.2, -0.15) is 4.98 Å². The molecule has 1 aromatic heterocycles. The number of aromatic nitrogens is 2. The molecular weight excluding hydrogens is 350 g/mol. The van der Waals surface area contributed by atoms with Crippen LogP contribution in [0.5, 0.6) is 0 Å². The zero-order chi connectivity index (χ0) is 18.1. The fourth-order valence-corrected chi connectivity index (χ4v) is 3.54. The zero-order valence-electron chi connectivity index (χ0n) is 14.4. The van der Waals surface area contributed by atoms with E-state index in [1.165, 1.54) is 0 Å². The van der Waals surface area contributed by atoms with Gasteiger partial charge in [-0.25, -0.2) is 0 Å². The minimum absolute atomic E-state index is 0.103. The number of carbonyl (C=O) groups is 1. The van der Waals surface area contributed by atoms with Gasteiger partial charge < -0.3 is 9.42 Å². The fraction of sp³-hybridized carbons (Fsp3) is 0.250. The van der Waals surface area contributed by atoms with Gasteiger partial charge in [-0.05, 0) is 38.0 Å². The second-order valence-corrected chi connectivity index (χ2v) is 6.87. The summed E-state index contributed by atoms with van der Waals surface area (Å²) in [6.45, 7) is 2.67. The van der Waals surface area contributed by atoms with Crippen molar-refractivity contribution in [2.75, 3.05) is 6.54 Å². The van der Waals surface area contributed by atoms with E-state index < -0.39 is 0 Å². The molecule has 2 heterocycles. The van der Waals surface area contributed by atoms with Crippen LogP contribution in [-0.4, -0.2) is 27.5 Å². The SMILES string of the molecule is Cc1cccc(-c2noc(C3CCCN3C(=O)c3ccccc3Cl)n2)c1. The Bertz CT molecular complexity index is 953. The van der Waals surface area contributed by atoms with Crippen LogP contribution in [0.3, 0.4) is 0 Å². The van der Waals surface area contributed by atoms with Gasteiger partial charge in [-0.1, -0.05) is 52.7 Å². The van der Waals surface area contributed by atoms with E-state index in [4.69, 9.17) is 16.1 Å². The van der Waals surface area contributed by atoms with E-state index in [-0.39, 0.29) is 11.9 Å². The molecular formula is C20H18ClN3O2. The number of benzene rings is 2. The normalized spacial score (nSPS) is 16.8. The van der Waals surface area contributed by atoms with Gasteiger partial charge in [0.2, 0.25) is 11.7 Å². The molecule has 0 saturated carbocycles. The molecule has 1 fully saturated rings. The quantitative estimate of drug-likeness (QED) is 0.674. The smallest absolute Gasteiger partial charge is 0.256 e. The summed E-state index contributed by atoms with van der Waals surface area (Å²) in [5.74, 6) is 0.911. The van der Waals surface area contributed by atoms with Crippen molar-refractivity contribution < 1.29 is 9.32 Å². The van der Waals surface area contributed by atoms with Gasteiger partial charge in [-0.3, -0.25) is 4.79 Å². The Morgan fingerprint density at radius 3 is 2.88 bits per heavy atom. The number of carbonyl (C=O) groups excluding carboxylic acids is 1. The van der Waals surface area contributed by atoms with E-state index in [1.54, 1.807) is 17.0 Å². The molecule has 4 rings (SSSR count). The van der Waals surface area contributed by atoms with E-state index >= 15 is 0 Å². The van der Waals surface area contributed by atoms with Gasteiger partial charge in [0, 0.05) is 12.1 Å². The van der Waals surface area contributed by atoms with Crippen molar-refractivity contribution in [1.82, 2.24) is 15.0 Å². The minimum Gasteiger partial charge on any atom is -0.337 e. The molecule has 0 radical (unpaired) electrons. The summed E-state index contributed by atoms with van der Waals surface area (Å²) in [6, 6.07) is 14.8. The minimum atomic E-state index is -0.218. The Labute approximate surface area is 156 Å². The van der Waals surface area contributed by atoms with Crippen molar-refractivity contribution in [3.63, 3.8) is 0 Å². The van der Waals surface area contributed by atoms with Crippen LogP contribution < -0.4 is 0 Å². The molecule has 132 valence electrons. The third-order valence-electron chi connectivity index (χ3n) is 4.62. The molecule has 1 saturated heterocycles. The van der Waals surface area contributed by atoms with E-state index in [0.29, 0.717) is 28.8 Å².